The normalized spacial score (nSPS) is 20.6. The van der Waals surface area contributed by atoms with Crippen LogP contribution in [0, 0.1) is 24.1 Å². The van der Waals surface area contributed by atoms with E-state index >= 15 is 0 Å². The highest BCUT2D eigenvalue weighted by molar-refractivity contribution is 5.29. The van der Waals surface area contributed by atoms with Crippen molar-refractivity contribution in [1.29, 1.82) is 5.26 Å². The lowest BCUT2D eigenvalue weighted by Gasteiger charge is -2.15. The van der Waals surface area contributed by atoms with Crippen molar-refractivity contribution in [2.24, 2.45) is 0 Å². The second-order valence-corrected chi connectivity index (χ2v) is 4.61. The molecule has 1 heterocycles. The predicted molar refractivity (Wildman–Crippen MR) is 66.5 cm³/mol. The van der Waals surface area contributed by atoms with Gasteiger partial charge in [0.15, 0.2) is 0 Å². The van der Waals surface area contributed by atoms with Crippen LogP contribution < -0.4 is 5.32 Å². The minimum Gasteiger partial charge on any atom is -0.377 e. The van der Waals surface area contributed by atoms with E-state index in [9.17, 15) is 4.39 Å². The molecule has 0 saturated carbocycles. The third-order valence-electron chi connectivity index (χ3n) is 3.22. The van der Waals surface area contributed by atoms with Crippen LogP contribution >= 0.6 is 0 Å². The SMILES string of the molecule is Cc1cc(C(C#N)NCC2CCCO2)ccc1F. The molecule has 0 aliphatic carbocycles. The van der Waals surface area contributed by atoms with Crippen LogP contribution in [0.2, 0.25) is 0 Å². The van der Waals surface area contributed by atoms with Crippen LogP contribution in [0.15, 0.2) is 18.2 Å². The first kappa shape index (κ1) is 13.0. The number of aryl methyl sites for hydroxylation is 1. The smallest absolute Gasteiger partial charge is 0.126 e. The van der Waals surface area contributed by atoms with Crippen LogP contribution in [0.25, 0.3) is 0 Å². The molecule has 1 aromatic rings. The zero-order valence-electron chi connectivity index (χ0n) is 10.4. The fourth-order valence-electron chi connectivity index (χ4n) is 2.14. The number of nitriles is 1. The molecular weight excluding hydrogens is 231 g/mol. The summed E-state index contributed by atoms with van der Waals surface area (Å²) in [6.07, 6.45) is 2.31. The summed E-state index contributed by atoms with van der Waals surface area (Å²) in [5.74, 6) is -0.241. The fourth-order valence-corrected chi connectivity index (χ4v) is 2.14. The highest BCUT2D eigenvalue weighted by atomic mass is 19.1. The zero-order chi connectivity index (χ0) is 13.0. The first-order valence-corrected chi connectivity index (χ1v) is 6.21. The molecule has 1 aromatic carbocycles. The van der Waals surface area contributed by atoms with Crippen molar-refractivity contribution >= 4 is 0 Å². The van der Waals surface area contributed by atoms with Crippen LogP contribution in [0.5, 0.6) is 0 Å². The van der Waals surface area contributed by atoms with Crippen molar-refractivity contribution in [2.75, 3.05) is 13.2 Å². The van der Waals surface area contributed by atoms with E-state index in [4.69, 9.17) is 10.00 Å². The molecule has 18 heavy (non-hydrogen) atoms. The van der Waals surface area contributed by atoms with E-state index in [2.05, 4.69) is 11.4 Å². The zero-order valence-corrected chi connectivity index (χ0v) is 10.4. The summed E-state index contributed by atoms with van der Waals surface area (Å²) in [6, 6.07) is 6.56. The molecule has 1 aliphatic heterocycles. The Balaban J connectivity index is 1.99. The van der Waals surface area contributed by atoms with Gasteiger partial charge in [0, 0.05) is 13.2 Å². The highest BCUT2D eigenvalue weighted by Gasteiger charge is 2.18. The van der Waals surface area contributed by atoms with Gasteiger partial charge in [-0.2, -0.15) is 5.26 Å². The minimum atomic E-state index is -0.409. The second kappa shape index (κ2) is 5.94. The molecule has 0 amide bonds. The summed E-state index contributed by atoms with van der Waals surface area (Å²) in [6.45, 7) is 3.17. The molecule has 1 fully saturated rings. The summed E-state index contributed by atoms with van der Waals surface area (Å²) in [5.41, 5.74) is 1.36. The molecule has 0 radical (unpaired) electrons. The molecule has 2 rings (SSSR count). The molecule has 2 unspecified atom stereocenters. The average Bonchev–Trinajstić information content (AvgIpc) is 2.87. The van der Waals surface area contributed by atoms with Crippen molar-refractivity contribution in [1.82, 2.24) is 5.32 Å². The average molecular weight is 248 g/mol. The van der Waals surface area contributed by atoms with Gasteiger partial charge in [-0.1, -0.05) is 12.1 Å². The number of nitrogens with zero attached hydrogens (tertiary/aromatic N) is 1. The maximum atomic E-state index is 13.2. The van der Waals surface area contributed by atoms with Gasteiger partial charge in [-0.3, -0.25) is 5.32 Å². The topological polar surface area (TPSA) is 45.0 Å². The fraction of sp³-hybridized carbons (Fsp3) is 0.500. The molecule has 0 aromatic heterocycles. The van der Waals surface area contributed by atoms with E-state index < -0.39 is 6.04 Å². The van der Waals surface area contributed by atoms with Gasteiger partial charge in [0.2, 0.25) is 0 Å². The van der Waals surface area contributed by atoms with E-state index in [0.29, 0.717) is 12.1 Å². The number of hydrogen-bond donors (Lipinski definition) is 1. The number of hydrogen-bond acceptors (Lipinski definition) is 3. The Hall–Kier alpha value is -1.44. The lowest BCUT2D eigenvalue weighted by molar-refractivity contribution is 0.109. The Kier molecular flexibility index (Phi) is 4.29. The third kappa shape index (κ3) is 3.06. The predicted octanol–water partition coefficient (Wildman–Crippen LogP) is 2.47. The summed E-state index contributed by atoms with van der Waals surface area (Å²) < 4.78 is 18.7. The van der Waals surface area contributed by atoms with E-state index in [-0.39, 0.29) is 11.9 Å². The van der Waals surface area contributed by atoms with Crippen molar-refractivity contribution in [3.05, 3.63) is 35.1 Å². The Morgan fingerprint density at radius 3 is 3.06 bits per heavy atom. The van der Waals surface area contributed by atoms with Crippen molar-refractivity contribution in [2.45, 2.75) is 31.9 Å². The second-order valence-electron chi connectivity index (χ2n) is 4.61. The van der Waals surface area contributed by atoms with Crippen molar-refractivity contribution in [3.8, 4) is 6.07 Å². The lowest BCUT2D eigenvalue weighted by atomic mass is 10.0. The number of benzene rings is 1. The maximum Gasteiger partial charge on any atom is 0.126 e. The largest absolute Gasteiger partial charge is 0.377 e. The summed E-state index contributed by atoms with van der Waals surface area (Å²) in [7, 11) is 0. The molecular formula is C14H17FN2O. The molecule has 2 atom stereocenters. The molecule has 3 nitrogen and oxygen atoms in total. The maximum absolute atomic E-state index is 13.2. The van der Waals surface area contributed by atoms with Gasteiger partial charge in [-0.05, 0) is 37.0 Å². The van der Waals surface area contributed by atoms with Crippen molar-refractivity contribution in [3.63, 3.8) is 0 Å². The lowest BCUT2D eigenvalue weighted by Crippen LogP contribution is -2.29. The standard InChI is InChI=1S/C14H17FN2O/c1-10-7-11(4-5-13(10)15)14(8-16)17-9-12-3-2-6-18-12/h4-5,7,12,14,17H,2-3,6,9H2,1H3. The number of halogens is 1. The third-order valence-corrected chi connectivity index (χ3v) is 3.22. The molecule has 96 valence electrons. The number of ether oxygens (including phenoxy) is 1. The van der Waals surface area contributed by atoms with Gasteiger partial charge in [0.25, 0.3) is 0 Å². The van der Waals surface area contributed by atoms with Gasteiger partial charge in [-0.25, -0.2) is 4.39 Å². The van der Waals surface area contributed by atoms with E-state index in [1.165, 1.54) is 6.07 Å². The minimum absolute atomic E-state index is 0.197. The Morgan fingerprint density at radius 2 is 2.44 bits per heavy atom. The molecule has 0 bridgehead atoms. The molecule has 1 N–H and O–H groups in total. The van der Waals surface area contributed by atoms with Crippen LogP contribution in [-0.2, 0) is 4.74 Å². The summed E-state index contributed by atoms with van der Waals surface area (Å²) in [4.78, 5) is 0. The van der Waals surface area contributed by atoms with E-state index in [0.717, 1.165) is 25.0 Å². The first-order valence-electron chi connectivity index (χ1n) is 6.21. The Morgan fingerprint density at radius 1 is 1.61 bits per heavy atom. The molecule has 4 heteroatoms. The quantitative estimate of drug-likeness (QED) is 0.890. The van der Waals surface area contributed by atoms with E-state index in [1.807, 2.05) is 0 Å². The van der Waals surface area contributed by atoms with Crippen LogP contribution in [-0.4, -0.2) is 19.3 Å². The van der Waals surface area contributed by atoms with Gasteiger partial charge >= 0.3 is 0 Å². The number of nitrogens with one attached hydrogen (secondary N) is 1. The molecule has 0 spiro atoms. The van der Waals surface area contributed by atoms with Gasteiger partial charge in [0.05, 0.1) is 12.2 Å². The van der Waals surface area contributed by atoms with Crippen LogP contribution in [0.4, 0.5) is 4.39 Å². The van der Waals surface area contributed by atoms with Gasteiger partial charge in [-0.15, -0.1) is 0 Å². The monoisotopic (exact) mass is 248 g/mol. The number of rotatable bonds is 4. The molecule has 1 aliphatic rings. The first-order chi connectivity index (χ1) is 8.70. The van der Waals surface area contributed by atoms with Crippen LogP contribution in [0.1, 0.15) is 30.0 Å². The van der Waals surface area contributed by atoms with Crippen molar-refractivity contribution < 1.29 is 9.13 Å². The Labute approximate surface area is 107 Å². The summed E-state index contributed by atoms with van der Waals surface area (Å²) in [5, 5.41) is 12.3. The molecule has 1 saturated heterocycles. The van der Waals surface area contributed by atoms with Gasteiger partial charge in [0.1, 0.15) is 11.9 Å². The van der Waals surface area contributed by atoms with Gasteiger partial charge < -0.3 is 4.74 Å². The van der Waals surface area contributed by atoms with E-state index in [1.54, 1.807) is 19.1 Å². The summed E-state index contributed by atoms with van der Waals surface area (Å²) >= 11 is 0. The Bertz CT molecular complexity index is 450. The highest BCUT2D eigenvalue weighted by Crippen LogP contribution is 2.17. The van der Waals surface area contributed by atoms with Crippen LogP contribution in [0.3, 0.4) is 0 Å².